The summed E-state index contributed by atoms with van der Waals surface area (Å²) in [4.78, 5) is 12.1. The number of methoxy groups -OCH3 is 1. The lowest BCUT2D eigenvalue weighted by Crippen LogP contribution is -2.19. The van der Waals surface area contributed by atoms with Crippen LogP contribution in [0.2, 0.25) is 10.0 Å². The van der Waals surface area contributed by atoms with Gasteiger partial charge in [0.2, 0.25) is 5.91 Å². The molecular formula is C23H18Cl2I2N2O3. The first kappa shape index (κ1) is 25.1. The van der Waals surface area contributed by atoms with Crippen molar-refractivity contribution >= 4 is 80.5 Å². The predicted molar refractivity (Wildman–Crippen MR) is 145 cm³/mol. The number of hydrazone groups is 1. The SMILES string of the molecule is COc1ccc(CC(=O)N/N=C\c2cc(I)c(OCc3ccc(Cl)cc3Cl)c(I)c2)cc1. The standard InChI is InChI=1S/C23H18Cl2I2N2O3/c1-31-18-6-2-14(3-7-18)10-22(30)29-28-12-15-8-20(26)23(21(27)9-15)32-13-16-4-5-17(24)11-19(16)25/h2-9,11-12H,10,13H2,1H3,(H,29,30)/b28-12-. The molecule has 5 nitrogen and oxygen atoms in total. The van der Waals surface area contributed by atoms with Crippen LogP contribution in [0.4, 0.5) is 0 Å². The molecule has 0 aliphatic carbocycles. The minimum Gasteiger partial charge on any atom is -0.497 e. The lowest BCUT2D eigenvalue weighted by Gasteiger charge is -2.12. The van der Waals surface area contributed by atoms with Gasteiger partial charge in [-0.05, 0) is 92.7 Å². The van der Waals surface area contributed by atoms with Gasteiger partial charge in [-0.1, -0.05) is 41.4 Å². The van der Waals surface area contributed by atoms with Crippen LogP contribution in [0.1, 0.15) is 16.7 Å². The molecule has 0 fully saturated rings. The summed E-state index contributed by atoms with van der Waals surface area (Å²) in [6.07, 6.45) is 1.84. The van der Waals surface area contributed by atoms with Crippen LogP contribution in [0.5, 0.6) is 11.5 Å². The second-order valence-electron chi connectivity index (χ2n) is 6.66. The zero-order valence-corrected chi connectivity index (χ0v) is 22.7. The Hall–Kier alpha value is -1.56. The second kappa shape index (κ2) is 12.1. The van der Waals surface area contributed by atoms with E-state index in [1.165, 1.54) is 0 Å². The molecule has 0 saturated carbocycles. The first-order valence-electron chi connectivity index (χ1n) is 9.36. The molecule has 3 aromatic carbocycles. The molecular weight excluding hydrogens is 677 g/mol. The molecule has 0 saturated heterocycles. The third-order valence-corrected chi connectivity index (χ3v) is 6.52. The summed E-state index contributed by atoms with van der Waals surface area (Å²) in [5, 5.41) is 5.22. The van der Waals surface area contributed by atoms with E-state index in [0.717, 1.165) is 35.3 Å². The number of nitrogens with one attached hydrogen (secondary N) is 1. The lowest BCUT2D eigenvalue weighted by atomic mass is 10.1. The van der Waals surface area contributed by atoms with Gasteiger partial charge < -0.3 is 9.47 Å². The fourth-order valence-electron chi connectivity index (χ4n) is 2.73. The van der Waals surface area contributed by atoms with E-state index in [1.807, 2.05) is 42.5 Å². The molecule has 0 aromatic heterocycles. The van der Waals surface area contributed by atoms with Crippen LogP contribution in [0.25, 0.3) is 0 Å². The normalized spacial score (nSPS) is 10.9. The number of rotatable bonds is 8. The molecule has 0 aliphatic rings. The zero-order valence-electron chi connectivity index (χ0n) is 16.9. The van der Waals surface area contributed by atoms with E-state index in [9.17, 15) is 4.79 Å². The van der Waals surface area contributed by atoms with E-state index in [1.54, 1.807) is 25.5 Å². The van der Waals surface area contributed by atoms with Gasteiger partial charge in [-0.2, -0.15) is 5.10 Å². The lowest BCUT2D eigenvalue weighted by molar-refractivity contribution is -0.120. The van der Waals surface area contributed by atoms with Crippen molar-refractivity contribution in [3.05, 3.63) is 88.5 Å². The van der Waals surface area contributed by atoms with E-state index in [2.05, 4.69) is 55.7 Å². The zero-order chi connectivity index (χ0) is 23.1. The molecule has 0 heterocycles. The van der Waals surface area contributed by atoms with Crippen molar-refractivity contribution in [2.75, 3.05) is 7.11 Å². The van der Waals surface area contributed by atoms with Gasteiger partial charge >= 0.3 is 0 Å². The third kappa shape index (κ3) is 7.23. The smallest absolute Gasteiger partial charge is 0.244 e. The average molecular weight is 695 g/mol. The number of halogens is 4. The highest BCUT2D eigenvalue weighted by Gasteiger charge is 2.10. The highest BCUT2D eigenvalue weighted by atomic mass is 127. The van der Waals surface area contributed by atoms with E-state index in [4.69, 9.17) is 32.7 Å². The highest BCUT2D eigenvalue weighted by molar-refractivity contribution is 14.1. The van der Waals surface area contributed by atoms with Gasteiger partial charge in [0.1, 0.15) is 18.1 Å². The number of carbonyl (C=O) groups is 1. The minimum atomic E-state index is -0.199. The van der Waals surface area contributed by atoms with Gasteiger partial charge in [0, 0.05) is 15.6 Å². The molecule has 0 radical (unpaired) electrons. The van der Waals surface area contributed by atoms with Gasteiger partial charge in [-0.15, -0.1) is 0 Å². The van der Waals surface area contributed by atoms with Crippen LogP contribution in [0.15, 0.2) is 59.7 Å². The monoisotopic (exact) mass is 694 g/mol. The Morgan fingerprint density at radius 2 is 1.75 bits per heavy atom. The molecule has 0 aliphatic heterocycles. The van der Waals surface area contributed by atoms with Crippen molar-refractivity contribution in [1.82, 2.24) is 5.43 Å². The summed E-state index contributed by atoms with van der Waals surface area (Å²) in [6.45, 7) is 0.330. The van der Waals surface area contributed by atoms with Crippen molar-refractivity contribution in [1.29, 1.82) is 0 Å². The van der Waals surface area contributed by atoms with Crippen LogP contribution < -0.4 is 14.9 Å². The van der Waals surface area contributed by atoms with E-state index < -0.39 is 0 Å². The van der Waals surface area contributed by atoms with Gasteiger partial charge in [-0.3, -0.25) is 4.79 Å². The van der Waals surface area contributed by atoms with Crippen LogP contribution in [-0.2, 0) is 17.8 Å². The van der Waals surface area contributed by atoms with Crippen LogP contribution >= 0.6 is 68.4 Å². The summed E-state index contributed by atoms with van der Waals surface area (Å²) >= 11 is 16.6. The number of hydrogen-bond acceptors (Lipinski definition) is 4. The summed E-state index contributed by atoms with van der Waals surface area (Å²) in [5.74, 6) is 1.31. The van der Waals surface area contributed by atoms with Crippen LogP contribution in [0.3, 0.4) is 0 Å². The maximum Gasteiger partial charge on any atom is 0.244 e. The molecule has 3 rings (SSSR count). The molecule has 0 bridgehead atoms. The second-order valence-corrected chi connectivity index (χ2v) is 9.82. The first-order valence-corrected chi connectivity index (χ1v) is 12.3. The Morgan fingerprint density at radius 3 is 2.38 bits per heavy atom. The molecule has 3 aromatic rings. The number of hydrogen-bond donors (Lipinski definition) is 1. The van der Waals surface area contributed by atoms with Crippen molar-refractivity contribution in [2.45, 2.75) is 13.0 Å². The quantitative estimate of drug-likeness (QED) is 0.167. The summed E-state index contributed by atoms with van der Waals surface area (Å²) in [6, 6.07) is 16.5. The van der Waals surface area contributed by atoms with Crippen LogP contribution in [-0.4, -0.2) is 19.2 Å². The molecule has 166 valence electrons. The fraction of sp³-hybridized carbons (Fsp3) is 0.130. The number of benzene rings is 3. The minimum absolute atomic E-state index is 0.199. The third-order valence-electron chi connectivity index (χ3n) is 4.33. The van der Waals surface area contributed by atoms with Crippen molar-refractivity contribution in [3.63, 3.8) is 0 Å². The molecule has 9 heteroatoms. The maximum absolute atomic E-state index is 12.1. The summed E-state index contributed by atoms with van der Waals surface area (Å²) < 4.78 is 13.0. The Morgan fingerprint density at radius 1 is 1.06 bits per heavy atom. The fourth-order valence-corrected chi connectivity index (χ4v) is 5.32. The molecule has 0 spiro atoms. The number of nitrogens with zero attached hydrogens (tertiary/aromatic N) is 1. The summed E-state index contributed by atoms with van der Waals surface area (Å²) in [7, 11) is 1.60. The van der Waals surface area contributed by atoms with Crippen molar-refractivity contribution in [3.8, 4) is 11.5 Å². The highest BCUT2D eigenvalue weighted by Crippen LogP contribution is 2.30. The largest absolute Gasteiger partial charge is 0.497 e. The van der Waals surface area contributed by atoms with Gasteiger partial charge in [0.25, 0.3) is 0 Å². The number of carbonyl (C=O) groups excluding carboxylic acids is 1. The van der Waals surface area contributed by atoms with Gasteiger partial charge in [0.15, 0.2) is 0 Å². The maximum atomic E-state index is 12.1. The molecule has 0 atom stereocenters. The van der Waals surface area contributed by atoms with Crippen molar-refractivity contribution in [2.24, 2.45) is 5.10 Å². The Labute approximate surface area is 223 Å². The Bertz CT molecular complexity index is 1120. The first-order chi connectivity index (χ1) is 15.4. The van der Waals surface area contributed by atoms with Gasteiger partial charge in [-0.25, -0.2) is 5.43 Å². The van der Waals surface area contributed by atoms with E-state index in [0.29, 0.717) is 16.7 Å². The average Bonchev–Trinajstić information content (AvgIpc) is 2.75. The topological polar surface area (TPSA) is 59.9 Å². The summed E-state index contributed by atoms with van der Waals surface area (Å²) in [5.41, 5.74) is 5.14. The Kier molecular flexibility index (Phi) is 9.45. The predicted octanol–water partition coefficient (Wildman–Crippen LogP) is 6.48. The Balaban J connectivity index is 1.58. The van der Waals surface area contributed by atoms with Crippen LogP contribution in [0, 0.1) is 7.14 Å². The molecule has 1 N–H and O–H groups in total. The number of ether oxygens (including phenoxy) is 2. The molecule has 1 amide bonds. The van der Waals surface area contributed by atoms with Crippen molar-refractivity contribution < 1.29 is 14.3 Å². The molecule has 0 unspecified atom stereocenters. The molecule has 32 heavy (non-hydrogen) atoms. The van der Waals surface area contributed by atoms with Gasteiger partial charge in [0.05, 0.1) is 26.9 Å². The van der Waals surface area contributed by atoms with E-state index >= 15 is 0 Å². The number of amides is 1. The van der Waals surface area contributed by atoms with E-state index in [-0.39, 0.29) is 12.3 Å².